The lowest BCUT2D eigenvalue weighted by Gasteiger charge is -2.26. The van der Waals surface area contributed by atoms with E-state index in [9.17, 15) is 14.7 Å². The summed E-state index contributed by atoms with van der Waals surface area (Å²) >= 11 is 0. The third kappa shape index (κ3) is 7.82. The van der Waals surface area contributed by atoms with Crippen molar-refractivity contribution in [1.29, 1.82) is 0 Å². The molecule has 0 saturated heterocycles. The first kappa shape index (κ1) is 28.6. The molecule has 208 valence electrons. The minimum atomic E-state index is -0.903. The van der Waals surface area contributed by atoms with Crippen molar-refractivity contribution < 1.29 is 23.8 Å². The van der Waals surface area contributed by atoms with Gasteiger partial charge in [0.2, 0.25) is 5.89 Å². The van der Waals surface area contributed by atoms with Gasteiger partial charge < -0.3 is 19.2 Å². The van der Waals surface area contributed by atoms with Crippen LogP contribution in [0.15, 0.2) is 83.3 Å². The number of amides is 1. The van der Waals surface area contributed by atoms with Gasteiger partial charge >= 0.3 is 5.97 Å². The average molecular weight is 541 g/mol. The topological polar surface area (TPSA) is 92.9 Å². The number of carbonyl (C=O) groups excluding carboxylic acids is 1. The lowest BCUT2D eigenvalue weighted by molar-refractivity contribution is -0.136. The van der Waals surface area contributed by atoms with Crippen molar-refractivity contribution in [2.24, 2.45) is 5.92 Å². The van der Waals surface area contributed by atoms with Gasteiger partial charge in [-0.15, -0.1) is 0 Å². The normalized spacial score (nSPS) is 11.0. The number of benzene rings is 3. The number of nitrogens with zero attached hydrogens (tertiary/aromatic N) is 2. The second kappa shape index (κ2) is 13.6. The summed E-state index contributed by atoms with van der Waals surface area (Å²) in [5, 5.41) is 9.27. The molecule has 0 aliphatic heterocycles. The molecule has 0 fully saturated rings. The number of rotatable bonds is 13. The SMILES string of the molecule is Cc1oc(-c2ccccc2)nc1CCOc1ccc(CCC(=O)O)c(C(=O)N(Cc2ccccc2)CC(C)C)c1. The van der Waals surface area contributed by atoms with Crippen molar-refractivity contribution in [3.8, 4) is 17.2 Å². The summed E-state index contributed by atoms with van der Waals surface area (Å²) < 4.78 is 11.9. The quantitative estimate of drug-likeness (QED) is 0.206. The van der Waals surface area contributed by atoms with Gasteiger partial charge in [-0.2, -0.15) is 0 Å². The summed E-state index contributed by atoms with van der Waals surface area (Å²) in [5.41, 5.74) is 3.94. The third-order valence-corrected chi connectivity index (χ3v) is 6.53. The van der Waals surface area contributed by atoms with Crippen molar-refractivity contribution in [3.05, 3.63) is 107 Å². The maximum Gasteiger partial charge on any atom is 0.303 e. The molecule has 1 aromatic heterocycles. The number of oxazole rings is 1. The number of aromatic nitrogens is 1. The highest BCUT2D eigenvalue weighted by atomic mass is 16.5. The van der Waals surface area contributed by atoms with E-state index in [0.29, 0.717) is 48.9 Å². The van der Waals surface area contributed by atoms with Crippen LogP contribution in [-0.4, -0.2) is 40.0 Å². The first-order valence-electron chi connectivity index (χ1n) is 13.6. The van der Waals surface area contributed by atoms with Crippen LogP contribution in [0.3, 0.4) is 0 Å². The number of hydrogen-bond acceptors (Lipinski definition) is 5. The Morgan fingerprint density at radius 2 is 1.68 bits per heavy atom. The van der Waals surface area contributed by atoms with E-state index >= 15 is 0 Å². The average Bonchev–Trinajstić information content (AvgIpc) is 3.32. The van der Waals surface area contributed by atoms with Gasteiger partial charge in [-0.05, 0) is 54.7 Å². The van der Waals surface area contributed by atoms with E-state index in [2.05, 4.69) is 18.8 Å². The van der Waals surface area contributed by atoms with Gasteiger partial charge in [0.15, 0.2) is 0 Å². The Morgan fingerprint density at radius 3 is 2.35 bits per heavy atom. The van der Waals surface area contributed by atoms with E-state index < -0.39 is 5.97 Å². The summed E-state index contributed by atoms with van der Waals surface area (Å²) in [4.78, 5) is 31.7. The van der Waals surface area contributed by atoms with Crippen LogP contribution in [0.1, 0.15) is 53.2 Å². The Kier molecular flexibility index (Phi) is 9.73. The first-order valence-corrected chi connectivity index (χ1v) is 13.6. The molecule has 7 heteroatoms. The van der Waals surface area contributed by atoms with Crippen LogP contribution in [0.4, 0.5) is 0 Å². The lowest BCUT2D eigenvalue weighted by Crippen LogP contribution is -2.34. The highest BCUT2D eigenvalue weighted by Gasteiger charge is 2.22. The largest absolute Gasteiger partial charge is 0.493 e. The zero-order chi connectivity index (χ0) is 28.5. The summed E-state index contributed by atoms with van der Waals surface area (Å²) in [6, 6.07) is 24.9. The van der Waals surface area contributed by atoms with E-state index in [-0.39, 0.29) is 24.7 Å². The molecule has 0 aliphatic carbocycles. The highest BCUT2D eigenvalue weighted by Crippen LogP contribution is 2.25. The van der Waals surface area contributed by atoms with Crippen molar-refractivity contribution in [2.45, 2.75) is 46.6 Å². The van der Waals surface area contributed by atoms with Crippen molar-refractivity contribution >= 4 is 11.9 Å². The zero-order valence-corrected chi connectivity index (χ0v) is 23.3. The van der Waals surface area contributed by atoms with Gasteiger partial charge in [-0.1, -0.05) is 68.4 Å². The fourth-order valence-corrected chi connectivity index (χ4v) is 4.57. The Labute approximate surface area is 235 Å². The molecule has 4 rings (SSSR count). The molecular weight excluding hydrogens is 504 g/mol. The predicted molar refractivity (Wildman–Crippen MR) is 154 cm³/mol. The molecule has 0 bridgehead atoms. The third-order valence-electron chi connectivity index (χ3n) is 6.53. The molecule has 3 aromatic carbocycles. The van der Waals surface area contributed by atoms with Crippen molar-refractivity contribution in [3.63, 3.8) is 0 Å². The molecule has 40 heavy (non-hydrogen) atoms. The summed E-state index contributed by atoms with van der Waals surface area (Å²) in [7, 11) is 0. The molecule has 0 atom stereocenters. The Bertz CT molecular complexity index is 1410. The molecule has 1 N–H and O–H groups in total. The predicted octanol–water partition coefficient (Wildman–Crippen LogP) is 6.59. The second-order valence-corrected chi connectivity index (χ2v) is 10.3. The maximum absolute atomic E-state index is 13.9. The van der Waals surface area contributed by atoms with Crippen LogP contribution in [-0.2, 0) is 24.2 Å². The van der Waals surface area contributed by atoms with Gasteiger partial charge in [-0.3, -0.25) is 9.59 Å². The summed E-state index contributed by atoms with van der Waals surface area (Å²) in [5.74, 6) is 1.10. The monoisotopic (exact) mass is 540 g/mol. The van der Waals surface area contributed by atoms with Crippen LogP contribution in [0.2, 0.25) is 0 Å². The molecule has 4 aromatic rings. The molecule has 0 aliphatic rings. The summed E-state index contributed by atoms with van der Waals surface area (Å²) in [6.45, 7) is 7.43. The maximum atomic E-state index is 13.9. The smallest absolute Gasteiger partial charge is 0.303 e. The van der Waals surface area contributed by atoms with Crippen LogP contribution < -0.4 is 4.74 Å². The van der Waals surface area contributed by atoms with Gasteiger partial charge in [0.1, 0.15) is 11.5 Å². The molecular formula is C33H36N2O5. The van der Waals surface area contributed by atoms with E-state index in [4.69, 9.17) is 9.15 Å². The molecule has 0 saturated carbocycles. The van der Waals surface area contributed by atoms with E-state index in [1.807, 2.05) is 72.5 Å². The number of aliphatic carboxylic acids is 1. The first-order chi connectivity index (χ1) is 19.3. The Balaban J connectivity index is 1.52. The van der Waals surface area contributed by atoms with Crippen molar-refractivity contribution in [2.75, 3.05) is 13.2 Å². The number of aryl methyl sites for hydroxylation is 2. The fourth-order valence-electron chi connectivity index (χ4n) is 4.57. The molecule has 1 amide bonds. The second-order valence-electron chi connectivity index (χ2n) is 10.3. The van der Waals surface area contributed by atoms with Gasteiger partial charge in [0.05, 0.1) is 12.3 Å². The molecule has 0 spiro atoms. The van der Waals surface area contributed by atoms with E-state index in [1.54, 1.807) is 18.2 Å². The van der Waals surface area contributed by atoms with Crippen LogP contribution in [0, 0.1) is 12.8 Å². The summed E-state index contributed by atoms with van der Waals surface area (Å²) in [6.07, 6.45) is 0.746. The highest BCUT2D eigenvalue weighted by molar-refractivity contribution is 5.96. The molecule has 0 radical (unpaired) electrons. The number of hydrogen-bond donors (Lipinski definition) is 1. The van der Waals surface area contributed by atoms with Crippen molar-refractivity contribution in [1.82, 2.24) is 9.88 Å². The number of carboxylic acids is 1. The van der Waals surface area contributed by atoms with Crippen LogP contribution in [0.5, 0.6) is 5.75 Å². The number of carbonyl (C=O) groups is 2. The van der Waals surface area contributed by atoms with Crippen LogP contribution in [0.25, 0.3) is 11.5 Å². The van der Waals surface area contributed by atoms with Gasteiger partial charge in [0, 0.05) is 37.1 Å². The lowest BCUT2D eigenvalue weighted by atomic mass is 10.0. The minimum Gasteiger partial charge on any atom is -0.493 e. The van der Waals surface area contributed by atoms with E-state index in [1.165, 1.54) is 0 Å². The van der Waals surface area contributed by atoms with Gasteiger partial charge in [0.25, 0.3) is 5.91 Å². The minimum absolute atomic E-state index is 0.0570. The fraction of sp³-hybridized carbons (Fsp3) is 0.303. The van der Waals surface area contributed by atoms with Crippen LogP contribution >= 0.6 is 0 Å². The van der Waals surface area contributed by atoms with E-state index in [0.717, 1.165) is 22.6 Å². The molecule has 7 nitrogen and oxygen atoms in total. The molecule has 1 heterocycles. The standard InChI is InChI=1S/C33H36N2O5/c1-23(2)21-35(22-25-10-6-4-7-11-25)33(38)29-20-28(16-14-26(29)15-17-31(36)37)39-19-18-30-24(3)40-32(34-30)27-12-8-5-9-13-27/h4-14,16,20,23H,15,17-19,21-22H2,1-3H3,(H,36,37). The number of ether oxygens (including phenoxy) is 1. The Hall–Kier alpha value is -4.39. The number of carboxylic acid groups (broad SMARTS) is 1. The zero-order valence-electron chi connectivity index (χ0n) is 23.3. The Morgan fingerprint density at radius 1 is 0.975 bits per heavy atom. The van der Waals surface area contributed by atoms with Gasteiger partial charge in [-0.25, -0.2) is 4.98 Å². The molecule has 0 unspecified atom stereocenters.